The molecule has 0 N–H and O–H groups in total. The highest BCUT2D eigenvalue weighted by atomic mass is 16.5. The summed E-state index contributed by atoms with van der Waals surface area (Å²) in [5, 5.41) is 0. The van der Waals surface area contributed by atoms with E-state index in [1.165, 1.54) is 4.90 Å². The summed E-state index contributed by atoms with van der Waals surface area (Å²) >= 11 is 0. The Labute approximate surface area is 177 Å². The first-order chi connectivity index (χ1) is 14.4. The molecule has 0 spiro atoms. The highest BCUT2D eigenvalue weighted by molar-refractivity contribution is 6.15. The van der Waals surface area contributed by atoms with Crippen molar-refractivity contribution in [3.63, 3.8) is 0 Å². The summed E-state index contributed by atoms with van der Waals surface area (Å²) in [5.41, 5.74) is 2.80. The van der Waals surface area contributed by atoms with Gasteiger partial charge in [0, 0.05) is 25.2 Å². The van der Waals surface area contributed by atoms with Gasteiger partial charge in [0.05, 0.1) is 27.3 Å². The highest BCUT2D eigenvalue weighted by Crippen LogP contribution is 2.25. The Hall–Kier alpha value is -3.54. The van der Waals surface area contributed by atoms with Crippen LogP contribution in [0.4, 0.5) is 4.79 Å². The van der Waals surface area contributed by atoms with Crippen LogP contribution < -0.4 is 9.47 Å². The van der Waals surface area contributed by atoms with Gasteiger partial charge >= 0.3 is 6.03 Å². The predicted octanol–water partition coefficient (Wildman–Crippen LogP) is 3.74. The first-order valence-electron chi connectivity index (χ1n) is 9.61. The summed E-state index contributed by atoms with van der Waals surface area (Å²) in [6.07, 6.45) is 3.64. The van der Waals surface area contributed by atoms with Crippen molar-refractivity contribution in [3.8, 4) is 11.5 Å². The molecule has 2 amide bonds. The molecule has 1 heterocycles. The second kappa shape index (κ2) is 9.31. The third kappa shape index (κ3) is 4.89. The van der Waals surface area contributed by atoms with E-state index in [4.69, 9.17) is 9.47 Å². The summed E-state index contributed by atoms with van der Waals surface area (Å²) < 4.78 is 10.5. The number of ether oxygens (including phenoxy) is 2. The largest absolute Gasteiger partial charge is 0.497 e. The molecule has 2 aromatic carbocycles. The third-order valence-electron chi connectivity index (χ3n) is 4.83. The number of Topliss-reactive ketones (excluding diaryl/α,β-unsaturated/α-hetero) is 1. The van der Waals surface area contributed by atoms with Crippen molar-refractivity contribution in [2.24, 2.45) is 0 Å². The number of rotatable bonds is 4. The number of benzene rings is 2. The number of carbonyl (C=O) groups is 2. The minimum atomic E-state index is -0.143. The van der Waals surface area contributed by atoms with Crippen LogP contribution >= 0.6 is 0 Å². The van der Waals surface area contributed by atoms with Gasteiger partial charge < -0.3 is 19.3 Å². The second-order valence-corrected chi connectivity index (χ2v) is 7.25. The maximum absolute atomic E-state index is 13.2. The molecule has 1 aliphatic rings. The maximum Gasteiger partial charge on any atom is 0.320 e. The number of carbonyl (C=O) groups excluding carboxylic acids is 2. The van der Waals surface area contributed by atoms with Gasteiger partial charge in [-0.3, -0.25) is 4.79 Å². The molecular formula is C24H26N2O4. The number of nitrogens with zero attached hydrogens (tertiary/aromatic N) is 2. The number of amides is 2. The lowest BCUT2D eigenvalue weighted by molar-refractivity contribution is -0.113. The average molecular weight is 406 g/mol. The smallest absolute Gasteiger partial charge is 0.320 e. The Morgan fingerprint density at radius 1 is 0.900 bits per heavy atom. The molecule has 1 aliphatic heterocycles. The van der Waals surface area contributed by atoms with E-state index in [9.17, 15) is 9.59 Å². The first kappa shape index (κ1) is 21.2. The Morgan fingerprint density at radius 3 is 1.77 bits per heavy atom. The summed E-state index contributed by atoms with van der Waals surface area (Å²) in [4.78, 5) is 29.1. The van der Waals surface area contributed by atoms with Crippen molar-refractivity contribution in [2.45, 2.75) is 0 Å². The zero-order valence-electron chi connectivity index (χ0n) is 17.7. The predicted molar refractivity (Wildman–Crippen MR) is 118 cm³/mol. The summed E-state index contributed by atoms with van der Waals surface area (Å²) in [7, 11) is 6.61. The highest BCUT2D eigenvalue weighted by Gasteiger charge is 2.29. The van der Waals surface area contributed by atoms with Gasteiger partial charge in [0.2, 0.25) is 0 Å². The van der Waals surface area contributed by atoms with Crippen LogP contribution in [-0.2, 0) is 4.79 Å². The van der Waals surface area contributed by atoms with E-state index >= 15 is 0 Å². The fourth-order valence-corrected chi connectivity index (χ4v) is 3.32. The molecule has 0 saturated carbocycles. The molecule has 2 aromatic rings. The van der Waals surface area contributed by atoms with Crippen molar-refractivity contribution in [3.05, 3.63) is 70.8 Å². The van der Waals surface area contributed by atoms with E-state index in [0.717, 1.165) is 11.1 Å². The Bertz CT molecular complexity index is 938. The lowest BCUT2D eigenvalue weighted by Gasteiger charge is -2.32. The van der Waals surface area contributed by atoms with Crippen LogP contribution in [0.3, 0.4) is 0 Å². The lowest BCUT2D eigenvalue weighted by Crippen LogP contribution is -2.46. The molecule has 156 valence electrons. The zero-order chi connectivity index (χ0) is 21.7. The molecule has 6 nitrogen and oxygen atoms in total. The third-order valence-corrected chi connectivity index (χ3v) is 4.83. The van der Waals surface area contributed by atoms with E-state index in [2.05, 4.69) is 0 Å². The Balaban J connectivity index is 2.01. The summed E-state index contributed by atoms with van der Waals surface area (Å²) in [6.45, 7) is 0.505. The minimum Gasteiger partial charge on any atom is -0.497 e. The topological polar surface area (TPSA) is 59.1 Å². The van der Waals surface area contributed by atoms with E-state index in [0.29, 0.717) is 22.6 Å². The van der Waals surface area contributed by atoms with E-state index < -0.39 is 0 Å². The number of piperidine rings is 1. The molecule has 0 atom stereocenters. The van der Waals surface area contributed by atoms with Crippen molar-refractivity contribution in [1.29, 1.82) is 0 Å². The van der Waals surface area contributed by atoms with E-state index in [1.54, 1.807) is 33.2 Å². The zero-order valence-corrected chi connectivity index (χ0v) is 17.7. The molecule has 0 unspecified atom stereocenters. The molecule has 0 aliphatic carbocycles. The van der Waals surface area contributed by atoms with Crippen LogP contribution in [0.25, 0.3) is 12.2 Å². The molecule has 0 bridgehead atoms. The average Bonchev–Trinajstić information content (AvgIpc) is 2.76. The molecule has 6 heteroatoms. The molecule has 0 radical (unpaired) electrons. The first-order valence-corrected chi connectivity index (χ1v) is 9.61. The number of likely N-dealkylation sites (tertiary alicyclic amines) is 1. The van der Waals surface area contributed by atoms with Crippen LogP contribution in [0, 0.1) is 0 Å². The van der Waals surface area contributed by atoms with Gasteiger partial charge in [0.1, 0.15) is 11.5 Å². The quantitative estimate of drug-likeness (QED) is 0.726. The molecule has 1 fully saturated rings. The van der Waals surface area contributed by atoms with Crippen molar-refractivity contribution < 1.29 is 19.1 Å². The summed E-state index contributed by atoms with van der Waals surface area (Å²) in [5.74, 6) is 1.35. The van der Waals surface area contributed by atoms with Crippen LogP contribution in [-0.4, -0.2) is 63.0 Å². The van der Waals surface area contributed by atoms with Gasteiger partial charge in [-0.25, -0.2) is 4.79 Å². The number of urea groups is 1. The van der Waals surface area contributed by atoms with Crippen LogP contribution in [0.2, 0.25) is 0 Å². The maximum atomic E-state index is 13.2. The van der Waals surface area contributed by atoms with Crippen molar-refractivity contribution in [2.75, 3.05) is 41.4 Å². The Morgan fingerprint density at radius 2 is 1.37 bits per heavy atom. The number of ketones is 1. The lowest BCUT2D eigenvalue weighted by atomic mass is 9.94. The van der Waals surface area contributed by atoms with Gasteiger partial charge in [0.25, 0.3) is 0 Å². The van der Waals surface area contributed by atoms with Crippen molar-refractivity contribution >= 4 is 24.0 Å². The molecule has 3 rings (SSSR count). The van der Waals surface area contributed by atoms with Gasteiger partial charge in [0.15, 0.2) is 5.78 Å². The summed E-state index contributed by atoms with van der Waals surface area (Å²) in [6, 6.07) is 14.8. The van der Waals surface area contributed by atoms with Crippen LogP contribution in [0.5, 0.6) is 11.5 Å². The molecule has 0 aromatic heterocycles. The van der Waals surface area contributed by atoms with Gasteiger partial charge in [-0.15, -0.1) is 0 Å². The fourth-order valence-electron chi connectivity index (χ4n) is 3.32. The molecular weight excluding hydrogens is 380 g/mol. The second-order valence-electron chi connectivity index (χ2n) is 7.25. The van der Waals surface area contributed by atoms with E-state index in [-0.39, 0.29) is 24.9 Å². The number of hydrogen-bond donors (Lipinski definition) is 0. The molecule has 30 heavy (non-hydrogen) atoms. The van der Waals surface area contributed by atoms with Gasteiger partial charge in [-0.2, -0.15) is 0 Å². The van der Waals surface area contributed by atoms with E-state index in [1.807, 2.05) is 60.7 Å². The number of hydrogen-bond acceptors (Lipinski definition) is 4. The minimum absolute atomic E-state index is 0.0663. The fraction of sp³-hybridized carbons (Fsp3) is 0.250. The van der Waals surface area contributed by atoms with Gasteiger partial charge in [-0.1, -0.05) is 24.3 Å². The monoisotopic (exact) mass is 406 g/mol. The SMILES string of the molecule is COc1cccc(/C=C2\CN(C(=O)N(C)C)C/C(=C\c3cccc(OC)c3)C2=O)c1. The molecule has 1 saturated heterocycles. The van der Waals surface area contributed by atoms with Crippen LogP contribution in [0.1, 0.15) is 11.1 Å². The normalized spacial score (nSPS) is 16.7. The standard InChI is InChI=1S/C24H26N2O4/c1-25(2)24(28)26-15-19(11-17-7-5-9-21(13-17)29-3)23(27)20(16-26)12-18-8-6-10-22(14-18)30-4/h5-14H,15-16H2,1-4H3/b19-11+,20-12+. The van der Waals surface area contributed by atoms with Crippen molar-refractivity contribution in [1.82, 2.24) is 9.80 Å². The Kier molecular flexibility index (Phi) is 6.57. The van der Waals surface area contributed by atoms with Gasteiger partial charge in [-0.05, 0) is 47.5 Å². The van der Waals surface area contributed by atoms with Crippen LogP contribution in [0.15, 0.2) is 59.7 Å². The number of methoxy groups -OCH3 is 2.